The van der Waals surface area contributed by atoms with Crippen LogP contribution in [-0.2, 0) is 10.0 Å². The van der Waals surface area contributed by atoms with Gasteiger partial charge in [-0.1, -0.05) is 53.0 Å². The summed E-state index contributed by atoms with van der Waals surface area (Å²) in [6.07, 6.45) is 0.469. The van der Waals surface area contributed by atoms with Gasteiger partial charge in [-0.15, -0.1) is 0 Å². The molecule has 3 aromatic rings. The molecule has 0 bridgehead atoms. The summed E-state index contributed by atoms with van der Waals surface area (Å²) in [6.45, 7) is 0. The second-order valence-corrected chi connectivity index (χ2v) is 10.4. The van der Waals surface area contributed by atoms with Crippen molar-refractivity contribution >= 4 is 50.5 Å². The summed E-state index contributed by atoms with van der Waals surface area (Å²) in [5.41, 5.74) is 5.22. The Kier molecular flexibility index (Phi) is 7.16. The molecule has 0 spiro atoms. The van der Waals surface area contributed by atoms with E-state index in [0.29, 0.717) is 38.5 Å². The van der Waals surface area contributed by atoms with Crippen molar-refractivity contribution < 1.29 is 13.2 Å². The summed E-state index contributed by atoms with van der Waals surface area (Å²) in [5.74, 6) is 0.557. The number of ether oxygens (including phenoxy) is 1. The molecule has 0 aromatic heterocycles. The average molecular weight is 525 g/mol. The minimum absolute atomic E-state index is 0.0965. The third-order valence-corrected chi connectivity index (χ3v) is 7.55. The smallest absolute Gasteiger partial charge is 0.241 e. The van der Waals surface area contributed by atoms with Crippen LogP contribution < -0.4 is 14.9 Å². The Bertz CT molecular complexity index is 1280. The molecule has 0 fully saturated rings. The highest BCUT2D eigenvalue weighted by Gasteiger charge is 2.32. The van der Waals surface area contributed by atoms with Gasteiger partial charge in [0.15, 0.2) is 0 Å². The number of hydrogen-bond acceptors (Lipinski definition) is 5. The van der Waals surface area contributed by atoms with Crippen molar-refractivity contribution in [1.82, 2.24) is 10.1 Å². The van der Waals surface area contributed by atoms with Gasteiger partial charge in [0.2, 0.25) is 10.0 Å². The van der Waals surface area contributed by atoms with Gasteiger partial charge in [0, 0.05) is 21.5 Å². The summed E-state index contributed by atoms with van der Waals surface area (Å²) in [4.78, 5) is 0.0965. The summed E-state index contributed by atoms with van der Waals surface area (Å²) < 4.78 is 34.3. The van der Waals surface area contributed by atoms with E-state index >= 15 is 0 Å². The third-order valence-electron chi connectivity index (χ3n) is 5.30. The van der Waals surface area contributed by atoms with Crippen LogP contribution in [0.25, 0.3) is 0 Å². The van der Waals surface area contributed by atoms with E-state index in [1.54, 1.807) is 42.5 Å². The van der Waals surface area contributed by atoms with Gasteiger partial charge in [-0.3, -0.25) is 0 Å². The first-order chi connectivity index (χ1) is 15.8. The Morgan fingerprint density at radius 1 is 1.00 bits per heavy atom. The Hall–Kier alpha value is -2.29. The first-order valence-electron chi connectivity index (χ1n) is 9.95. The van der Waals surface area contributed by atoms with Gasteiger partial charge in [0.1, 0.15) is 5.75 Å². The quantitative estimate of drug-likeness (QED) is 0.411. The molecule has 0 aliphatic carbocycles. The lowest BCUT2D eigenvalue weighted by molar-refractivity contribution is 0.414. The summed E-state index contributed by atoms with van der Waals surface area (Å²) in [6, 6.07) is 17.6. The van der Waals surface area contributed by atoms with Crippen molar-refractivity contribution in [1.29, 1.82) is 0 Å². The van der Waals surface area contributed by atoms with Crippen LogP contribution in [-0.4, -0.2) is 21.2 Å². The second-order valence-electron chi connectivity index (χ2n) is 7.44. The molecule has 1 heterocycles. The highest BCUT2D eigenvalue weighted by Crippen LogP contribution is 2.33. The number of hydrogen-bond donors (Lipinski definition) is 2. The second kappa shape index (κ2) is 9.91. The predicted molar refractivity (Wildman–Crippen MR) is 132 cm³/mol. The molecule has 2 N–H and O–H groups in total. The lowest BCUT2D eigenvalue weighted by atomic mass is 9.96. The van der Waals surface area contributed by atoms with Crippen LogP contribution in [0.15, 0.2) is 76.7 Å². The fraction of sp³-hybridized carbons (Fsp3) is 0.174. The van der Waals surface area contributed by atoms with Crippen LogP contribution in [0.1, 0.15) is 29.6 Å². The molecule has 33 heavy (non-hydrogen) atoms. The summed E-state index contributed by atoms with van der Waals surface area (Å²) >= 11 is 18.5. The van der Waals surface area contributed by atoms with E-state index in [1.165, 1.54) is 19.2 Å². The molecule has 2 unspecified atom stereocenters. The number of nitrogens with one attached hydrogen (secondary N) is 2. The van der Waals surface area contributed by atoms with Crippen LogP contribution in [0.2, 0.25) is 15.1 Å². The molecule has 0 amide bonds. The van der Waals surface area contributed by atoms with E-state index in [0.717, 1.165) is 5.56 Å². The molecule has 0 radical (unpaired) electrons. The minimum Gasteiger partial charge on any atom is -0.497 e. The number of halogens is 3. The van der Waals surface area contributed by atoms with Crippen LogP contribution >= 0.6 is 34.8 Å². The van der Waals surface area contributed by atoms with Crippen molar-refractivity contribution in [3.05, 3.63) is 92.9 Å². The van der Waals surface area contributed by atoms with Crippen LogP contribution in [0.4, 0.5) is 0 Å². The summed E-state index contributed by atoms with van der Waals surface area (Å²) in [7, 11) is -2.39. The first-order valence-corrected chi connectivity index (χ1v) is 12.6. The zero-order valence-electron chi connectivity index (χ0n) is 17.4. The van der Waals surface area contributed by atoms with Gasteiger partial charge in [-0.05, 0) is 59.7 Å². The molecule has 3 aromatic carbocycles. The van der Waals surface area contributed by atoms with Crippen LogP contribution in [0.3, 0.4) is 0 Å². The monoisotopic (exact) mass is 523 g/mol. The molecule has 1 aliphatic rings. The molecule has 0 saturated carbocycles. The predicted octanol–water partition coefficient (Wildman–Crippen LogP) is 5.77. The lowest BCUT2D eigenvalue weighted by Gasteiger charge is -2.21. The molecule has 172 valence electrons. The maximum absolute atomic E-state index is 13.2. The number of hydrazone groups is 1. The van der Waals surface area contributed by atoms with Gasteiger partial charge >= 0.3 is 0 Å². The van der Waals surface area contributed by atoms with Gasteiger partial charge in [0.05, 0.1) is 29.8 Å². The Morgan fingerprint density at radius 3 is 2.30 bits per heavy atom. The van der Waals surface area contributed by atoms with E-state index in [-0.39, 0.29) is 10.9 Å². The molecule has 1 aliphatic heterocycles. The van der Waals surface area contributed by atoms with E-state index < -0.39 is 16.1 Å². The fourth-order valence-corrected chi connectivity index (χ4v) is 5.40. The third kappa shape index (κ3) is 5.45. The van der Waals surface area contributed by atoms with Gasteiger partial charge in [-0.2, -0.15) is 9.82 Å². The van der Waals surface area contributed by atoms with Crippen molar-refractivity contribution in [3.8, 4) is 5.75 Å². The molecular formula is C23H20Cl3N3O3S. The SMILES string of the molecule is COc1ccc(S(=O)(=O)NC(C2=NNC(c3ccc(Cl)cc3)C2)c2ccc(Cl)cc2Cl)cc1. The fourth-order valence-electron chi connectivity index (χ4n) is 3.56. The zero-order chi connectivity index (χ0) is 23.6. The van der Waals surface area contributed by atoms with E-state index in [9.17, 15) is 8.42 Å². The number of nitrogens with zero attached hydrogens (tertiary/aromatic N) is 1. The highest BCUT2D eigenvalue weighted by atomic mass is 35.5. The van der Waals surface area contributed by atoms with Gasteiger partial charge in [-0.25, -0.2) is 8.42 Å². The van der Waals surface area contributed by atoms with Crippen molar-refractivity contribution in [2.24, 2.45) is 5.10 Å². The molecule has 2 atom stereocenters. The van der Waals surface area contributed by atoms with Gasteiger partial charge in [0.25, 0.3) is 0 Å². The normalized spacial score (nSPS) is 16.7. The maximum atomic E-state index is 13.2. The lowest BCUT2D eigenvalue weighted by Crippen LogP contribution is -2.33. The molecule has 10 heteroatoms. The maximum Gasteiger partial charge on any atom is 0.241 e. The molecule has 0 saturated heterocycles. The van der Waals surface area contributed by atoms with Crippen LogP contribution in [0.5, 0.6) is 5.75 Å². The van der Waals surface area contributed by atoms with Crippen molar-refractivity contribution in [3.63, 3.8) is 0 Å². The number of methoxy groups -OCH3 is 1. The highest BCUT2D eigenvalue weighted by molar-refractivity contribution is 7.89. The van der Waals surface area contributed by atoms with E-state index in [2.05, 4.69) is 15.2 Å². The number of benzene rings is 3. The van der Waals surface area contributed by atoms with E-state index in [4.69, 9.17) is 39.5 Å². The first kappa shape index (κ1) is 23.9. The topological polar surface area (TPSA) is 79.8 Å². The average Bonchev–Trinajstić information content (AvgIpc) is 3.28. The Balaban J connectivity index is 1.66. The zero-order valence-corrected chi connectivity index (χ0v) is 20.5. The molecule has 6 nitrogen and oxygen atoms in total. The number of rotatable bonds is 7. The molecular weight excluding hydrogens is 505 g/mol. The largest absolute Gasteiger partial charge is 0.497 e. The Morgan fingerprint density at radius 2 is 1.67 bits per heavy atom. The Labute approximate surface area is 207 Å². The summed E-state index contributed by atoms with van der Waals surface area (Å²) in [5, 5.41) is 5.88. The van der Waals surface area contributed by atoms with Crippen molar-refractivity contribution in [2.45, 2.75) is 23.4 Å². The van der Waals surface area contributed by atoms with E-state index in [1.807, 2.05) is 12.1 Å². The molecule has 4 rings (SSSR count). The number of sulfonamides is 1. The van der Waals surface area contributed by atoms with Gasteiger partial charge < -0.3 is 10.2 Å². The van der Waals surface area contributed by atoms with Crippen molar-refractivity contribution in [2.75, 3.05) is 7.11 Å². The standard InChI is InChI=1S/C23H20Cl3N3O3S/c1-32-17-7-9-18(10-8-17)33(30,31)29-23(19-11-6-16(25)12-20(19)26)22-13-21(27-28-22)14-2-4-15(24)5-3-14/h2-12,21,23,27,29H,13H2,1H3. The van der Waals surface area contributed by atoms with Crippen LogP contribution in [0, 0.1) is 0 Å². The minimum atomic E-state index is -3.91.